The predicted molar refractivity (Wildman–Crippen MR) is 74.9 cm³/mol. The van der Waals surface area contributed by atoms with Crippen molar-refractivity contribution in [3.63, 3.8) is 0 Å². The first-order valence-electron chi connectivity index (χ1n) is 6.87. The zero-order chi connectivity index (χ0) is 13.8. The lowest BCUT2D eigenvalue weighted by molar-refractivity contribution is 0.0723. The molecule has 4 heteroatoms. The van der Waals surface area contributed by atoms with Crippen molar-refractivity contribution in [3.8, 4) is 5.75 Å². The van der Waals surface area contributed by atoms with Gasteiger partial charge in [0.2, 0.25) is 0 Å². The van der Waals surface area contributed by atoms with Gasteiger partial charge < -0.3 is 16.2 Å². The zero-order valence-corrected chi connectivity index (χ0v) is 11.3. The Morgan fingerprint density at radius 3 is 2.79 bits per heavy atom. The predicted octanol–water partition coefficient (Wildman–Crippen LogP) is 1.93. The van der Waals surface area contributed by atoms with Crippen molar-refractivity contribution < 1.29 is 9.53 Å². The van der Waals surface area contributed by atoms with Gasteiger partial charge in [0.15, 0.2) is 0 Å². The van der Waals surface area contributed by atoms with Crippen LogP contribution < -0.4 is 16.2 Å². The second kappa shape index (κ2) is 6.06. The molecule has 1 aromatic rings. The summed E-state index contributed by atoms with van der Waals surface area (Å²) in [6, 6.07) is 7.14. The van der Waals surface area contributed by atoms with Gasteiger partial charge >= 0.3 is 0 Å². The van der Waals surface area contributed by atoms with E-state index in [0.29, 0.717) is 29.7 Å². The minimum absolute atomic E-state index is 0.0780. The normalized spacial score (nSPS) is 26.9. The maximum atomic E-state index is 11.4. The first-order chi connectivity index (χ1) is 9.11. The van der Waals surface area contributed by atoms with Crippen molar-refractivity contribution in [3.05, 3.63) is 29.8 Å². The van der Waals surface area contributed by atoms with Gasteiger partial charge in [0.1, 0.15) is 11.9 Å². The molecule has 1 aromatic carbocycles. The van der Waals surface area contributed by atoms with E-state index in [4.69, 9.17) is 16.2 Å². The smallest absolute Gasteiger partial charge is 0.252 e. The van der Waals surface area contributed by atoms with Crippen LogP contribution in [0.5, 0.6) is 5.75 Å². The largest absolute Gasteiger partial charge is 0.489 e. The Bertz CT molecular complexity index is 448. The van der Waals surface area contributed by atoms with E-state index in [9.17, 15) is 4.79 Å². The highest BCUT2D eigenvalue weighted by Gasteiger charge is 2.30. The molecule has 0 aromatic heterocycles. The van der Waals surface area contributed by atoms with Crippen molar-refractivity contribution in [1.29, 1.82) is 0 Å². The van der Waals surface area contributed by atoms with Gasteiger partial charge in [0.05, 0.1) is 5.56 Å². The molecule has 4 nitrogen and oxygen atoms in total. The maximum absolute atomic E-state index is 11.4. The summed E-state index contributed by atoms with van der Waals surface area (Å²) in [6.07, 6.45) is 3.34. The molecule has 0 heterocycles. The Labute approximate surface area is 114 Å². The van der Waals surface area contributed by atoms with Crippen molar-refractivity contribution in [2.24, 2.45) is 23.3 Å². The number of nitrogens with two attached hydrogens (primary N) is 2. The third-order valence-electron chi connectivity index (χ3n) is 3.92. The van der Waals surface area contributed by atoms with Gasteiger partial charge in [-0.3, -0.25) is 4.79 Å². The Hall–Kier alpha value is -1.55. The van der Waals surface area contributed by atoms with Crippen molar-refractivity contribution in [2.75, 3.05) is 6.54 Å². The van der Waals surface area contributed by atoms with Crippen LogP contribution in [0.1, 0.15) is 36.5 Å². The van der Waals surface area contributed by atoms with E-state index in [-0.39, 0.29) is 6.10 Å². The van der Waals surface area contributed by atoms with Gasteiger partial charge in [-0.25, -0.2) is 0 Å². The molecule has 4 N–H and O–H groups in total. The summed E-state index contributed by atoms with van der Waals surface area (Å²) in [4.78, 5) is 11.4. The average Bonchev–Trinajstić information content (AvgIpc) is 2.39. The van der Waals surface area contributed by atoms with E-state index in [2.05, 4.69) is 6.92 Å². The minimum atomic E-state index is -0.455. The number of hydrogen-bond donors (Lipinski definition) is 2. The van der Waals surface area contributed by atoms with Crippen LogP contribution in [0.2, 0.25) is 0 Å². The van der Waals surface area contributed by atoms with Gasteiger partial charge in [0.25, 0.3) is 5.91 Å². The number of carbonyl (C=O) groups excluding carboxylic acids is 1. The Kier molecular flexibility index (Phi) is 4.43. The van der Waals surface area contributed by atoms with Crippen LogP contribution in [0.15, 0.2) is 24.3 Å². The summed E-state index contributed by atoms with van der Waals surface area (Å²) < 4.78 is 6.04. The first kappa shape index (κ1) is 13.9. The Balaban J connectivity index is 2.17. The van der Waals surface area contributed by atoms with Crippen LogP contribution in [0.3, 0.4) is 0 Å². The molecule has 0 bridgehead atoms. The number of rotatable bonds is 4. The lowest BCUT2D eigenvalue weighted by Crippen LogP contribution is -2.38. The second-order valence-corrected chi connectivity index (χ2v) is 5.43. The highest BCUT2D eigenvalue weighted by molar-refractivity contribution is 5.95. The molecular formula is C15H22N2O2. The summed E-state index contributed by atoms with van der Waals surface area (Å²) >= 11 is 0. The molecular weight excluding hydrogens is 240 g/mol. The number of primary amides is 1. The molecule has 3 unspecified atom stereocenters. The minimum Gasteiger partial charge on any atom is -0.489 e. The van der Waals surface area contributed by atoms with E-state index in [0.717, 1.165) is 12.8 Å². The van der Waals surface area contributed by atoms with Crippen LogP contribution in [0.25, 0.3) is 0 Å². The molecule has 1 amide bonds. The monoisotopic (exact) mass is 262 g/mol. The van der Waals surface area contributed by atoms with E-state index in [1.807, 2.05) is 6.07 Å². The van der Waals surface area contributed by atoms with E-state index in [1.165, 1.54) is 6.42 Å². The molecule has 2 rings (SSSR count). The molecule has 104 valence electrons. The van der Waals surface area contributed by atoms with E-state index >= 15 is 0 Å². The van der Waals surface area contributed by atoms with Gasteiger partial charge in [-0.2, -0.15) is 0 Å². The van der Waals surface area contributed by atoms with Crippen LogP contribution in [-0.4, -0.2) is 18.6 Å². The van der Waals surface area contributed by atoms with Crippen molar-refractivity contribution in [1.82, 2.24) is 0 Å². The van der Waals surface area contributed by atoms with Crippen LogP contribution in [-0.2, 0) is 0 Å². The molecule has 19 heavy (non-hydrogen) atoms. The average molecular weight is 262 g/mol. The molecule has 1 aliphatic carbocycles. The third-order valence-corrected chi connectivity index (χ3v) is 3.92. The summed E-state index contributed by atoms with van der Waals surface area (Å²) in [5.74, 6) is 1.11. The number of carbonyl (C=O) groups is 1. The number of amides is 1. The summed E-state index contributed by atoms with van der Waals surface area (Å²) in [7, 11) is 0. The van der Waals surface area contributed by atoms with Crippen molar-refractivity contribution in [2.45, 2.75) is 32.3 Å². The van der Waals surface area contributed by atoms with Gasteiger partial charge in [-0.15, -0.1) is 0 Å². The maximum Gasteiger partial charge on any atom is 0.252 e. The fourth-order valence-electron chi connectivity index (χ4n) is 2.74. The summed E-state index contributed by atoms with van der Waals surface area (Å²) in [6.45, 7) is 2.85. The quantitative estimate of drug-likeness (QED) is 0.870. The van der Waals surface area contributed by atoms with Crippen LogP contribution in [0.4, 0.5) is 0 Å². The van der Waals surface area contributed by atoms with Gasteiger partial charge in [-0.1, -0.05) is 25.5 Å². The standard InChI is InChI=1S/C15H22N2O2/c1-10-6-7-11(9-16)14(8-10)19-13-5-3-2-4-12(13)15(17)18/h2-5,10-11,14H,6-9,16H2,1H3,(H2,17,18). The molecule has 3 atom stereocenters. The number of ether oxygens (including phenoxy) is 1. The van der Waals surface area contributed by atoms with Gasteiger partial charge in [0, 0.05) is 5.92 Å². The second-order valence-electron chi connectivity index (χ2n) is 5.43. The molecule has 0 radical (unpaired) electrons. The van der Waals surface area contributed by atoms with Crippen LogP contribution >= 0.6 is 0 Å². The molecule has 1 saturated carbocycles. The fourth-order valence-corrected chi connectivity index (χ4v) is 2.74. The first-order valence-corrected chi connectivity index (χ1v) is 6.87. The zero-order valence-electron chi connectivity index (χ0n) is 11.3. The summed E-state index contributed by atoms with van der Waals surface area (Å²) in [5.41, 5.74) is 11.6. The molecule has 0 saturated heterocycles. The van der Waals surface area contributed by atoms with Crippen molar-refractivity contribution >= 4 is 5.91 Å². The SMILES string of the molecule is CC1CCC(CN)C(Oc2ccccc2C(N)=O)C1. The molecule has 1 aliphatic rings. The fraction of sp³-hybridized carbons (Fsp3) is 0.533. The molecule has 1 fully saturated rings. The number of para-hydroxylation sites is 1. The summed E-state index contributed by atoms with van der Waals surface area (Å²) in [5, 5.41) is 0. The number of hydrogen-bond acceptors (Lipinski definition) is 3. The lowest BCUT2D eigenvalue weighted by Gasteiger charge is -2.34. The number of benzene rings is 1. The highest BCUT2D eigenvalue weighted by atomic mass is 16.5. The van der Waals surface area contributed by atoms with Crippen LogP contribution in [0, 0.1) is 11.8 Å². The Morgan fingerprint density at radius 2 is 2.11 bits per heavy atom. The van der Waals surface area contributed by atoms with E-state index in [1.54, 1.807) is 18.2 Å². The lowest BCUT2D eigenvalue weighted by atomic mass is 9.80. The topological polar surface area (TPSA) is 78.3 Å². The third kappa shape index (κ3) is 3.26. The van der Waals surface area contributed by atoms with E-state index < -0.39 is 5.91 Å². The molecule has 0 spiro atoms. The Morgan fingerprint density at radius 1 is 1.37 bits per heavy atom. The highest BCUT2D eigenvalue weighted by Crippen LogP contribution is 2.32. The van der Waals surface area contributed by atoms with Gasteiger partial charge in [-0.05, 0) is 37.4 Å². The molecule has 0 aliphatic heterocycles.